The summed E-state index contributed by atoms with van der Waals surface area (Å²) in [5, 5.41) is 4.01. The minimum absolute atomic E-state index is 0.517. The minimum Gasteiger partial charge on any atom is -0.373 e. The van der Waals surface area contributed by atoms with Gasteiger partial charge in [-0.2, -0.15) is 0 Å². The highest BCUT2D eigenvalue weighted by Crippen LogP contribution is 2.27. The predicted molar refractivity (Wildman–Crippen MR) is 67.0 cm³/mol. The first kappa shape index (κ1) is 11.2. The summed E-state index contributed by atoms with van der Waals surface area (Å²) in [4.78, 5) is 8.22. The monoisotopic (exact) mass is 253 g/mol. The van der Waals surface area contributed by atoms with Gasteiger partial charge in [0.2, 0.25) is 0 Å². The molecule has 0 amide bonds. The first-order valence-corrected chi connectivity index (χ1v) is 5.41. The van der Waals surface area contributed by atoms with E-state index in [2.05, 4.69) is 15.3 Å². The van der Waals surface area contributed by atoms with Crippen LogP contribution in [0.5, 0.6) is 0 Å². The van der Waals surface area contributed by atoms with E-state index in [4.69, 9.17) is 23.2 Å². The van der Waals surface area contributed by atoms with Crippen LogP contribution in [0.15, 0.2) is 30.6 Å². The molecule has 3 nitrogen and oxygen atoms in total. The molecular formula is C11H9Cl2N3. The Bertz CT molecular complexity index is 514. The molecule has 0 aliphatic heterocycles. The lowest BCUT2D eigenvalue weighted by atomic mass is 10.1. The van der Waals surface area contributed by atoms with Crippen molar-refractivity contribution in [3.63, 3.8) is 0 Å². The molecule has 5 heteroatoms. The van der Waals surface area contributed by atoms with Crippen LogP contribution in [0, 0.1) is 0 Å². The van der Waals surface area contributed by atoms with E-state index in [1.54, 1.807) is 19.2 Å². The van der Waals surface area contributed by atoms with Crippen molar-refractivity contribution in [3.8, 4) is 11.3 Å². The molecule has 0 unspecified atom stereocenters. The quantitative estimate of drug-likeness (QED) is 0.891. The second-order valence-corrected chi connectivity index (χ2v) is 3.98. The molecule has 0 fully saturated rings. The highest BCUT2D eigenvalue weighted by Gasteiger charge is 2.04. The van der Waals surface area contributed by atoms with Crippen LogP contribution >= 0.6 is 23.2 Å². The molecule has 1 aromatic carbocycles. The number of benzene rings is 1. The largest absolute Gasteiger partial charge is 0.373 e. The molecule has 0 aliphatic carbocycles. The van der Waals surface area contributed by atoms with Gasteiger partial charge in [-0.3, -0.25) is 0 Å². The van der Waals surface area contributed by atoms with Crippen molar-refractivity contribution in [3.05, 3.63) is 40.6 Å². The van der Waals surface area contributed by atoms with Gasteiger partial charge in [0, 0.05) is 18.7 Å². The van der Waals surface area contributed by atoms with Crippen molar-refractivity contribution in [1.29, 1.82) is 0 Å². The van der Waals surface area contributed by atoms with Gasteiger partial charge in [-0.25, -0.2) is 9.97 Å². The van der Waals surface area contributed by atoms with Crippen molar-refractivity contribution in [1.82, 2.24) is 9.97 Å². The second-order valence-electron chi connectivity index (χ2n) is 3.17. The van der Waals surface area contributed by atoms with Gasteiger partial charge >= 0.3 is 0 Å². The molecule has 16 heavy (non-hydrogen) atoms. The lowest BCUT2D eigenvalue weighted by molar-refractivity contribution is 1.16. The maximum Gasteiger partial charge on any atom is 0.129 e. The zero-order valence-corrected chi connectivity index (χ0v) is 10.0. The molecule has 82 valence electrons. The Morgan fingerprint density at radius 2 is 1.88 bits per heavy atom. The van der Waals surface area contributed by atoms with E-state index in [0.717, 1.165) is 17.1 Å². The van der Waals surface area contributed by atoms with Crippen LogP contribution in [0.3, 0.4) is 0 Å². The van der Waals surface area contributed by atoms with Crippen molar-refractivity contribution in [2.75, 3.05) is 12.4 Å². The van der Waals surface area contributed by atoms with E-state index in [1.165, 1.54) is 6.33 Å². The Hall–Kier alpha value is -1.32. The highest BCUT2D eigenvalue weighted by atomic mass is 35.5. The minimum atomic E-state index is 0.517. The summed E-state index contributed by atoms with van der Waals surface area (Å²) in [6.07, 6.45) is 1.50. The number of hydrogen-bond donors (Lipinski definition) is 1. The highest BCUT2D eigenvalue weighted by molar-refractivity contribution is 6.42. The molecule has 0 spiro atoms. The van der Waals surface area contributed by atoms with Crippen LogP contribution in [-0.2, 0) is 0 Å². The van der Waals surface area contributed by atoms with Crippen LogP contribution in [0.1, 0.15) is 0 Å². The first-order chi connectivity index (χ1) is 7.70. The van der Waals surface area contributed by atoms with Crippen LogP contribution in [0.25, 0.3) is 11.3 Å². The molecule has 1 N–H and O–H groups in total. The van der Waals surface area contributed by atoms with Gasteiger partial charge in [-0.05, 0) is 12.1 Å². The zero-order valence-electron chi connectivity index (χ0n) is 8.54. The maximum absolute atomic E-state index is 5.95. The normalized spacial score (nSPS) is 10.2. The zero-order chi connectivity index (χ0) is 11.5. The summed E-state index contributed by atoms with van der Waals surface area (Å²) >= 11 is 11.8. The molecule has 2 aromatic rings. The van der Waals surface area contributed by atoms with Crippen molar-refractivity contribution >= 4 is 29.0 Å². The standard InChI is InChI=1S/C11H9Cl2N3/c1-14-11-5-10(15-6-16-11)7-2-3-8(12)9(13)4-7/h2-6H,1H3,(H,14,15,16). The van der Waals surface area contributed by atoms with Gasteiger partial charge in [-0.1, -0.05) is 29.3 Å². The third-order valence-corrected chi connectivity index (χ3v) is 2.88. The molecule has 0 bridgehead atoms. The molecular weight excluding hydrogens is 245 g/mol. The van der Waals surface area contributed by atoms with Crippen LogP contribution in [-0.4, -0.2) is 17.0 Å². The summed E-state index contributed by atoms with van der Waals surface area (Å²) in [5.41, 5.74) is 1.71. The lowest BCUT2D eigenvalue weighted by Crippen LogP contribution is -1.94. The summed E-state index contributed by atoms with van der Waals surface area (Å²) in [5.74, 6) is 0.760. The number of rotatable bonds is 2. The molecule has 0 aliphatic rings. The average molecular weight is 254 g/mol. The van der Waals surface area contributed by atoms with E-state index in [9.17, 15) is 0 Å². The van der Waals surface area contributed by atoms with E-state index < -0.39 is 0 Å². The lowest BCUT2D eigenvalue weighted by Gasteiger charge is -2.04. The summed E-state index contributed by atoms with van der Waals surface area (Å²) in [6, 6.07) is 7.25. The van der Waals surface area contributed by atoms with Gasteiger partial charge in [0.05, 0.1) is 15.7 Å². The van der Waals surface area contributed by atoms with Gasteiger partial charge in [0.1, 0.15) is 12.1 Å². The summed E-state index contributed by atoms with van der Waals surface area (Å²) in [7, 11) is 1.81. The number of nitrogens with zero attached hydrogens (tertiary/aromatic N) is 2. The third kappa shape index (κ3) is 2.26. The SMILES string of the molecule is CNc1cc(-c2ccc(Cl)c(Cl)c2)ncn1. The fourth-order valence-electron chi connectivity index (χ4n) is 1.31. The summed E-state index contributed by atoms with van der Waals surface area (Å²) < 4.78 is 0. The molecule has 2 rings (SSSR count). The molecule has 0 atom stereocenters. The van der Waals surface area contributed by atoms with Crippen LogP contribution < -0.4 is 5.32 Å². The van der Waals surface area contributed by atoms with Crippen molar-refractivity contribution < 1.29 is 0 Å². The average Bonchev–Trinajstić information content (AvgIpc) is 2.33. The second kappa shape index (κ2) is 4.68. The number of aromatic nitrogens is 2. The number of hydrogen-bond acceptors (Lipinski definition) is 3. The first-order valence-electron chi connectivity index (χ1n) is 4.66. The maximum atomic E-state index is 5.95. The molecule has 0 radical (unpaired) electrons. The van der Waals surface area contributed by atoms with E-state index in [0.29, 0.717) is 10.0 Å². The fraction of sp³-hybridized carbons (Fsp3) is 0.0909. The number of anilines is 1. The Kier molecular flexibility index (Phi) is 3.27. The van der Waals surface area contributed by atoms with E-state index in [1.807, 2.05) is 12.1 Å². The fourth-order valence-corrected chi connectivity index (χ4v) is 1.61. The Balaban J connectivity index is 2.46. The van der Waals surface area contributed by atoms with Gasteiger partial charge in [0.15, 0.2) is 0 Å². The van der Waals surface area contributed by atoms with Gasteiger partial charge in [0.25, 0.3) is 0 Å². The van der Waals surface area contributed by atoms with E-state index in [-0.39, 0.29) is 0 Å². The predicted octanol–water partition coefficient (Wildman–Crippen LogP) is 3.49. The Labute approximate surface area is 103 Å². The van der Waals surface area contributed by atoms with Crippen LogP contribution in [0.2, 0.25) is 10.0 Å². The van der Waals surface area contributed by atoms with Gasteiger partial charge in [-0.15, -0.1) is 0 Å². The topological polar surface area (TPSA) is 37.8 Å². The molecule has 1 heterocycles. The van der Waals surface area contributed by atoms with Gasteiger partial charge < -0.3 is 5.32 Å². The van der Waals surface area contributed by atoms with Crippen LogP contribution in [0.4, 0.5) is 5.82 Å². The smallest absolute Gasteiger partial charge is 0.129 e. The molecule has 0 saturated carbocycles. The third-order valence-electron chi connectivity index (χ3n) is 2.14. The Morgan fingerprint density at radius 1 is 1.06 bits per heavy atom. The van der Waals surface area contributed by atoms with Crippen molar-refractivity contribution in [2.45, 2.75) is 0 Å². The number of halogens is 2. The summed E-state index contributed by atoms with van der Waals surface area (Å²) in [6.45, 7) is 0. The van der Waals surface area contributed by atoms with Crippen molar-refractivity contribution in [2.24, 2.45) is 0 Å². The molecule has 1 aromatic heterocycles. The van der Waals surface area contributed by atoms with E-state index >= 15 is 0 Å². The molecule has 0 saturated heterocycles. The number of nitrogens with one attached hydrogen (secondary N) is 1. The Morgan fingerprint density at radius 3 is 2.56 bits per heavy atom.